The minimum Gasteiger partial charge on any atom is -0.493 e. The van der Waals surface area contributed by atoms with Gasteiger partial charge in [-0.15, -0.1) is 0 Å². The maximum absolute atomic E-state index is 5.45. The van der Waals surface area contributed by atoms with Gasteiger partial charge in [0.05, 0.1) is 13.3 Å². The molecule has 2 aromatic heterocycles. The highest BCUT2D eigenvalue weighted by molar-refractivity contribution is 5.32. The summed E-state index contributed by atoms with van der Waals surface area (Å²) >= 11 is 0. The zero-order valence-electron chi connectivity index (χ0n) is 12.3. The quantitative estimate of drug-likeness (QED) is 0.765. The van der Waals surface area contributed by atoms with Crippen LogP contribution in [0, 0.1) is 0 Å². The topological polar surface area (TPSA) is 80.7 Å². The van der Waals surface area contributed by atoms with E-state index >= 15 is 0 Å². The first-order valence-electron chi connectivity index (χ1n) is 7.00. The first-order valence-corrected chi connectivity index (χ1v) is 7.00. The minimum absolute atomic E-state index is 0.0959. The van der Waals surface area contributed by atoms with Gasteiger partial charge >= 0.3 is 0 Å². The van der Waals surface area contributed by atoms with Crippen LogP contribution in [0.2, 0.25) is 0 Å². The van der Waals surface area contributed by atoms with Gasteiger partial charge in [-0.25, -0.2) is 4.98 Å². The van der Waals surface area contributed by atoms with Gasteiger partial charge in [0.15, 0.2) is 5.75 Å². The van der Waals surface area contributed by atoms with Crippen molar-refractivity contribution in [2.75, 3.05) is 13.7 Å². The Bertz CT molecular complexity index is 507. The summed E-state index contributed by atoms with van der Waals surface area (Å²) in [6.45, 7) is 5.98. The number of ether oxygens (including phenoxy) is 1. The van der Waals surface area contributed by atoms with E-state index in [-0.39, 0.29) is 6.04 Å². The van der Waals surface area contributed by atoms with Gasteiger partial charge in [-0.05, 0) is 19.4 Å². The van der Waals surface area contributed by atoms with Crippen molar-refractivity contribution in [1.82, 2.24) is 30.3 Å². The van der Waals surface area contributed by atoms with E-state index < -0.39 is 0 Å². The molecule has 7 heteroatoms. The molecule has 2 N–H and O–H groups in total. The second-order valence-corrected chi connectivity index (χ2v) is 4.58. The van der Waals surface area contributed by atoms with Gasteiger partial charge < -0.3 is 10.1 Å². The molecule has 0 radical (unpaired) electrons. The van der Waals surface area contributed by atoms with Crippen molar-refractivity contribution >= 4 is 0 Å². The Kier molecular flexibility index (Phi) is 5.11. The summed E-state index contributed by atoms with van der Waals surface area (Å²) in [6, 6.07) is -0.0959. The molecule has 110 valence electrons. The molecule has 0 aliphatic rings. The fourth-order valence-electron chi connectivity index (χ4n) is 2.18. The van der Waals surface area contributed by atoms with E-state index in [1.165, 1.54) is 6.33 Å². The molecule has 1 unspecified atom stereocenters. The van der Waals surface area contributed by atoms with Gasteiger partial charge in [-0.1, -0.05) is 13.8 Å². The Hall–Kier alpha value is -1.89. The molecule has 0 saturated carbocycles. The van der Waals surface area contributed by atoms with Crippen molar-refractivity contribution in [3.63, 3.8) is 0 Å². The van der Waals surface area contributed by atoms with Crippen LogP contribution in [0.15, 0.2) is 12.5 Å². The molecule has 2 aromatic rings. The molecule has 0 aliphatic carbocycles. The van der Waals surface area contributed by atoms with Crippen LogP contribution >= 0.6 is 0 Å². The number of nitrogens with zero attached hydrogens (tertiary/aromatic N) is 4. The van der Waals surface area contributed by atoms with E-state index in [1.54, 1.807) is 13.3 Å². The standard InChI is InChI=1S/C13H22N6O/c1-4-6-14-11(13-15-9-16-18-13)12-10(20-3)8-17-19(12)7-5-2/h8-9,11,14H,4-7H2,1-3H3,(H,15,16,18). The van der Waals surface area contributed by atoms with Crippen LogP contribution in [-0.2, 0) is 6.54 Å². The largest absolute Gasteiger partial charge is 0.493 e. The van der Waals surface area contributed by atoms with Gasteiger partial charge in [0, 0.05) is 6.54 Å². The SMILES string of the molecule is CCCNC(c1ncn[nH]1)c1c(OC)cnn1CCC. The van der Waals surface area contributed by atoms with E-state index in [1.807, 2.05) is 4.68 Å². The molecular formula is C13H22N6O. The average Bonchev–Trinajstić information content (AvgIpc) is 3.10. The third kappa shape index (κ3) is 2.98. The fourth-order valence-corrected chi connectivity index (χ4v) is 2.18. The Morgan fingerprint density at radius 2 is 2.25 bits per heavy atom. The highest BCUT2D eigenvalue weighted by atomic mass is 16.5. The Balaban J connectivity index is 2.38. The molecule has 20 heavy (non-hydrogen) atoms. The molecule has 7 nitrogen and oxygen atoms in total. The molecule has 0 spiro atoms. The number of H-pyrrole nitrogens is 1. The summed E-state index contributed by atoms with van der Waals surface area (Å²) in [5, 5.41) is 14.8. The van der Waals surface area contributed by atoms with Crippen LogP contribution in [0.4, 0.5) is 0 Å². The lowest BCUT2D eigenvalue weighted by Crippen LogP contribution is -2.27. The molecule has 2 heterocycles. The van der Waals surface area contributed by atoms with Gasteiger partial charge in [-0.2, -0.15) is 10.2 Å². The molecule has 0 aliphatic heterocycles. The molecule has 1 atom stereocenters. The number of aromatic amines is 1. The number of aromatic nitrogens is 5. The molecule has 2 rings (SSSR count). The number of methoxy groups -OCH3 is 1. The van der Waals surface area contributed by atoms with Crippen molar-refractivity contribution < 1.29 is 4.74 Å². The zero-order valence-corrected chi connectivity index (χ0v) is 12.3. The Labute approximate surface area is 118 Å². The van der Waals surface area contributed by atoms with Crippen LogP contribution in [-0.4, -0.2) is 38.6 Å². The molecule has 0 amide bonds. The lowest BCUT2D eigenvalue weighted by molar-refractivity contribution is 0.395. The van der Waals surface area contributed by atoms with Gasteiger partial charge in [0.25, 0.3) is 0 Å². The van der Waals surface area contributed by atoms with Crippen LogP contribution in [0.1, 0.15) is 44.2 Å². The van der Waals surface area contributed by atoms with Crippen molar-refractivity contribution in [2.24, 2.45) is 0 Å². The van der Waals surface area contributed by atoms with Crippen molar-refractivity contribution in [3.8, 4) is 5.75 Å². The predicted octanol–water partition coefficient (Wildman–Crippen LogP) is 1.51. The van der Waals surface area contributed by atoms with Crippen molar-refractivity contribution in [1.29, 1.82) is 0 Å². The number of aryl methyl sites for hydroxylation is 1. The fraction of sp³-hybridized carbons (Fsp3) is 0.615. The third-order valence-corrected chi connectivity index (χ3v) is 3.08. The lowest BCUT2D eigenvalue weighted by atomic mass is 10.1. The van der Waals surface area contributed by atoms with Crippen molar-refractivity contribution in [3.05, 3.63) is 24.0 Å². The second-order valence-electron chi connectivity index (χ2n) is 4.58. The predicted molar refractivity (Wildman–Crippen MR) is 75.6 cm³/mol. The zero-order chi connectivity index (χ0) is 14.4. The Morgan fingerprint density at radius 1 is 1.40 bits per heavy atom. The van der Waals surface area contributed by atoms with E-state index in [2.05, 4.69) is 39.4 Å². The summed E-state index contributed by atoms with van der Waals surface area (Å²) in [6.07, 6.45) is 5.31. The van der Waals surface area contributed by atoms with E-state index in [0.29, 0.717) is 0 Å². The highest BCUT2D eigenvalue weighted by Gasteiger charge is 2.25. The summed E-state index contributed by atoms with van der Waals surface area (Å²) in [7, 11) is 1.66. The normalized spacial score (nSPS) is 12.6. The van der Waals surface area contributed by atoms with E-state index in [0.717, 1.165) is 43.2 Å². The number of hydrogen-bond donors (Lipinski definition) is 2. The highest BCUT2D eigenvalue weighted by Crippen LogP contribution is 2.28. The van der Waals surface area contributed by atoms with E-state index in [9.17, 15) is 0 Å². The second kappa shape index (κ2) is 7.04. The maximum Gasteiger partial charge on any atom is 0.162 e. The van der Waals surface area contributed by atoms with Crippen LogP contribution in [0.3, 0.4) is 0 Å². The van der Waals surface area contributed by atoms with Crippen LogP contribution < -0.4 is 10.1 Å². The molecule has 0 bridgehead atoms. The van der Waals surface area contributed by atoms with E-state index in [4.69, 9.17) is 4.74 Å². The first-order chi connectivity index (χ1) is 9.81. The Morgan fingerprint density at radius 3 is 2.85 bits per heavy atom. The average molecular weight is 278 g/mol. The number of hydrogen-bond acceptors (Lipinski definition) is 5. The lowest BCUT2D eigenvalue weighted by Gasteiger charge is -2.19. The summed E-state index contributed by atoms with van der Waals surface area (Å²) in [4.78, 5) is 4.28. The van der Waals surface area contributed by atoms with Gasteiger partial charge in [0.1, 0.15) is 23.9 Å². The minimum atomic E-state index is -0.0959. The van der Waals surface area contributed by atoms with Gasteiger partial charge in [-0.3, -0.25) is 9.78 Å². The molecule has 0 saturated heterocycles. The summed E-state index contributed by atoms with van der Waals surface area (Å²) in [5.41, 5.74) is 0.986. The molecular weight excluding hydrogens is 256 g/mol. The first kappa shape index (κ1) is 14.5. The molecule has 0 fully saturated rings. The monoisotopic (exact) mass is 278 g/mol. The van der Waals surface area contributed by atoms with Crippen LogP contribution in [0.5, 0.6) is 5.75 Å². The number of nitrogens with one attached hydrogen (secondary N) is 2. The van der Waals surface area contributed by atoms with Crippen molar-refractivity contribution in [2.45, 2.75) is 39.3 Å². The van der Waals surface area contributed by atoms with Gasteiger partial charge in [0.2, 0.25) is 0 Å². The third-order valence-electron chi connectivity index (χ3n) is 3.08. The maximum atomic E-state index is 5.45. The smallest absolute Gasteiger partial charge is 0.162 e. The van der Waals surface area contributed by atoms with Crippen LogP contribution in [0.25, 0.3) is 0 Å². The number of rotatable bonds is 8. The summed E-state index contributed by atoms with van der Waals surface area (Å²) < 4.78 is 7.41. The summed E-state index contributed by atoms with van der Waals surface area (Å²) in [5.74, 6) is 1.54. The molecule has 0 aromatic carbocycles.